The summed E-state index contributed by atoms with van der Waals surface area (Å²) in [6, 6.07) is 5.92. The van der Waals surface area contributed by atoms with E-state index in [9.17, 15) is 30.7 Å². The Balaban J connectivity index is 3.25. The van der Waals surface area contributed by atoms with Gasteiger partial charge in [0.2, 0.25) is 0 Å². The van der Waals surface area contributed by atoms with Gasteiger partial charge in [0.1, 0.15) is 0 Å². The van der Waals surface area contributed by atoms with Crippen LogP contribution in [0.2, 0.25) is 0 Å². The van der Waals surface area contributed by atoms with Crippen molar-refractivity contribution in [3.63, 3.8) is 0 Å². The zero-order valence-electron chi connectivity index (χ0n) is 14.4. The summed E-state index contributed by atoms with van der Waals surface area (Å²) in [6.07, 6.45) is -13.4. The van der Waals surface area contributed by atoms with Crippen LogP contribution in [0.5, 0.6) is 0 Å². The number of alkyl halides is 7. The molecule has 1 unspecified atom stereocenters. The van der Waals surface area contributed by atoms with Gasteiger partial charge in [-0.15, -0.1) is 0 Å². The molecule has 1 aromatic carbocycles. The van der Waals surface area contributed by atoms with E-state index in [2.05, 4.69) is 0 Å². The highest BCUT2D eigenvalue weighted by Gasteiger charge is 2.74. The molecular formula is C17H21F7O. The minimum Gasteiger partial charge on any atom is -0.374 e. The number of methoxy groups -OCH3 is 1. The molecule has 8 heteroatoms. The van der Waals surface area contributed by atoms with Crippen LogP contribution in [0.4, 0.5) is 30.7 Å². The Morgan fingerprint density at radius 1 is 0.880 bits per heavy atom. The van der Waals surface area contributed by atoms with E-state index in [-0.39, 0.29) is 5.56 Å². The summed E-state index contributed by atoms with van der Waals surface area (Å²) in [5, 5.41) is 0. The van der Waals surface area contributed by atoms with E-state index in [0.29, 0.717) is 12.3 Å². The van der Waals surface area contributed by atoms with Crippen LogP contribution < -0.4 is 0 Å². The smallest absolute Gasteiger partial charge is 0.374 e. The van der Waals surface area contributed by atoms with Gasteiger partial charge < -0.3 is 4.74 Å². The van der Waals surface area contributed by atoms with Crippen molar-refractivity contribution in [3.05, 3.63) is 35.4 Å². The molecule has 0 N–H and O–H groups in total. The molecule has 0 aromatic heterocycles. The van der Waals surface area contributed by atoms with E-state index in [1.807, 2.05) is 13.8 Å². The molecule has 1 atom stereocenters. The Bertz CT molecular complexity index is 546. The lowest BCUT2D eigenvalue weighted by molar-refractivity contribution is -0.353. The Hall–Kier alpha value is -1.31. The van der Waals surface area contributed by atoms with Crippen LogP contribution in [0.25, 0.3) is 0 Å². The standard InChI is InChI=1S/C17H21F7O/c1-11(2)9-12-5-7-13(8-6-12)14(3,25-4)10-15(18,16(19,20)21)17(22,23)24/h5-8,11H,9-10H2,1-4H3. The molecule has 1 nitrogen and oxygen atoms in total. The fraction of sp³-hybridized carbons (Fsp3) is 0.647. The second-order valence-electron chi connectivity index (χ2n) is 6.70. The van der Waals surface area contributed by atoms with Crippen molar-refractivity contribution >= 4 is 0 Å². The molecule has 0 saturated heterocycles. The molecule has 25 heavy (non-hydrogen) atoms. The van der Waals surface area contributed by atoms with Gasteiger partial charge in [-0.3, -0.25) is 0 Å². The van der Waals surface area contributed by atoms with Crippen LogP contribution in [-0.2, 0) is 16.8 Å². The fourth-order valence-corrected chi connectivity index (χ4v) is 2.58. The van der Waals surface area contributed by atoms with Crippen molar-refractivity contribution in [3.8, 4) is 0 Å². The summed E-state index contributed by atoms with van der Waals surface area (Å²) < 4.78 is 96.0. The lowest BCUT2D eigenvalue weighted by Gasteiger charge is -2.38. The average Bonchev–Trinajstić information content (AvgIpc) is 2.44. The third kappa shape index (κ3) is 4.65. The summed E-state index contributed by atoms with van der Waals surface area (Å²) in [7, 11) is 0.954. The van der Waals surface area contributed by atoms with Crippen molar-refractivity contribution in [2.75, 3.05) is 7.11 Å². The Kier molecular flexibility index (Phi) is 6.20. The minimum absolute atomic E-state index is 0.0398. The second kappa shape index (κ2) is 7.13. The number of hydrogen-bond acceptors (Lipinski definition) is 1. The first-order valence-corrected chi connectivity index (χ1v) is 7.63. The Morgan fingerprint density at radius 2 is 1.32 bits per heavy atom. The second-order valence-corrected chi connectivity index (χ2v) is 6.70. The first kappa shape index (κ1) is 21.7. The number of hydrogen-bond donors (Lipinski definition) is 0. The number of benzene rings is 1. The quantitative estimate of drug-likeness (QED) is 0.558. The van der Waals surface area contributed by atoms with Crippen LogP contribution in [0.15, 0.2) is 24.3 Å². The van der Waals surface area contributed by atoms with Gasteiger partial charge >= 0.3 is 18.0 Å². The van der Waals surface area contributed by atoms with E-state index in [1.165, 1.54) is 12.1 Å². The molecule has 0 fully saturated rings. The largest absolute Gasteiger partial charge is 0.431 e. The molecule has 1 rings (SSSR count). The number of rotatable bonds is 6. The maximum Gasteiger partial charge on any atom is 0.431 e. The third-order valence-electron chi connectivity index (χ3n) is 4.14. The summed E-state index contributed by atoms with van der Waals surface area (Å²) in [6.45, 7) is 4.95. The van der Waals surface area contributed by atoms with Crippen LogP contribution >= 0.6 is 0 Å². The lowest BCUT2D eigenvalue weighted by atomic mass is 9.82. The molecular weight excluding hydrogens is 353 g/mol. The van der Waals surface area contributed by atoms with Crippen molar-refractivity contribution in [2.45, 2.75) is 57.2 Å². The molecule has 0 aliphatic rings. The SMILES string of the molecule is COC(C)(CC(F)(C(F)(F)F)C(F)(F)F)c1ccc(CC(C)C)cc1. The monoisotopic (exact) mass is 374 g/mol. The highest BCUT2D eigenvalue weighted by molar-refractivity contribution is 5.28. The Labute approximate surface area is 142 Å². The maximum absolute atomic E-state index is 14.1. The molecule has 0 spiro atoms. The molecule has 0 radical (unpaired) electrons. The molecule has 0 saturated carbocycles. The molecule has 0 aliphatic carbocycles. The molecule has 0 aliphatic heterocycles. The zero-order valence-corrected chi connectivity index (χ0v) is 14.4. The van der Waals surface area contributed by atoms with Crippen LogP contribution in [0.3, 0.4) is 0 Å². The molecule has 1 aromatic rings. The number of halogens is 7. The minimum atomic E-state index is -6.11. The van der Waals surface area contributed by atoms with Gasteiger partial charge in [-0.25, -0.2) is 4.39 Å². The summed E-state index contributed by atoms with van der Waals surface area (Å²) in [4.78, 5) is 0. The highest BCUT2D eigenvalue weighted by atomic mass is 19.4. The van der Waals surface area contributed by atoms with E-state index in [0.717, 1.165) is 19.6 Å². The van der Waals surface area contributed by atoms with E-state index >= 15 is 0 Å². The highest BCUT2D eigenvalue weighted by Crippen LogP contribution is 2.52. The van der Waals surface area contributed by atoms with Crippen LogP contribution in [0, 0.1) is 5.92 Å². The first-order valence-electron chi connectivity index (χ1n) is 7.63. The van der Waals surface area contributed by atoms with E-state index in [1.54, 1.807) is 12.1 Å². The van der Waals surface area contributed by atoms with Crippen LogP contribution in [-0.4, -0.2) is 25.1 Å². The van der Waals surface area contributed by atoms with Gasteiger partial charge in [0.05, 0.1) is 5.60 Å². The van der Waals surface area contributed by atoms with Gasteiger partial charge in [0, 0.05) is 13.5 Å². The molecule has 144 valence electrons. The first-order chi connectivity index (χ1) is 11.2. The number of ether oxygens (including phenoxy) is 1. The summed E-state index contributed by atoms with van der Waals surface area (Å²) >= 11 is 0. The van der Waals surface area contributed by atoms with Crippen molar-refractivity contribution in [1.82, 2.24) is 0 Å². The normalized spacial score (nSPS) is 16.2. The van der Waals surface area contributed by atoms with Gasteiger partial charge in [0.25, 0.3) is 0 Å². The topological polar surface area (TPSA) is 9.23 Å². The Morgan fingerprint density at radius 3 is 1.64 bits per heavy atom. The summed E-state index contributed by atoms with van der Waals surface area (Å²) in [5.74, 6) is 0.327. The maximum atomic E-state index is 14.1. The van der Waals surface area contributed by atoms with E-state index < -0.39 is 30.0 Å². The average molecular weight is 374 g/mol. The van der Waals surface area contributed by atoms with Gasteiger partial charge in [-0.2, -0.15) is 26.3 Å². The van der Waals surface area contributed by atoms with Crippen LogP contribution in [0.1, 0.15) is 38.3 Å². The van der Waals surface area contributed by atoms with Crippen molar-refractivity contribution in [2.24, 2.45) is 5.92 Å². The van der Waals surface area contributed by atoms with Gasteiger partial charge in [-0.05, 0) is 30.4 Å². The lowest BCUT2D eigenvalue weighted by Crippen LogP contribution is -2.56. The van der Waals surface area contributed by atoms with Crippen molar-refractivity contribution < 1.29 is 35.5 Å². The zero-order chi connectivity index (χ0) is 19.7. The predicted octanol–water partition coefficient (Wildman–Crippen LogP) is 5.97. The van der Waals surface area contributed by atoms with Gasteiger partial charge in [-0.1, -0.05) is 38.1 Å². The molecule has 0 heterocycles. The summed E-state index contributed by atoms with van der Waals surface area (Å²) in [5.41, 5.74) is -6.56. The third-order valence-corrected chi connectivity index (χ3v) is 4.14. The van der Waals surface area contributed by atoms with Crippen molar-refractivity contribution in [1.29, 1.82) is 0 Å². The molecule has 0 amide bonds. The fourth-order valence-electron chi connectivity index (χ4n) is 2.58. The van der Waals surface area contributed by atoms with Gasteiger partial charge in [0.15, 0.2) is 0 Å². The van der Waals surface area contributed by atoms with E-state index in [4.69, 9.17) is 4.74 Å². The predicted molar refractivity (Wildman–Crippen MR) is 79.9 cm³/mol. The molecule has 0 bridgehead atoms.